The van der Waals surface area contributed by atoms with Gasteiger partial charge in [-0.15, -0.1) is 10.2 Å². The Labute approximate surface area is 178 Å². The van der Waals surface area contributed by atoms with Gasteiger partial charge in [-0.1, -0.05) is 41.6 Å². The number of carbonyl (C=O) groups is 2. The predicted molar refractivity (Wildman–Crippen MR) is 114 cm³/mol. The van der Waals surface area contributed by atoms with E-state index in [2.05, 4.69) is 20.8 Å². The van der Waals surface area contributed by atoms with E-state index in [1.807, 2.05) is 31.2 Å². The maximum atomic E-state index is 14.4. The number of halogens is 1. The number of nitrogens with zero attached hydrogens (tertiary/aromatic N) is 3. The van der Waals surface area contributed by atoms with Crippen LogP contribution in [0.3, 0.4) is 0 Å². The zero-order chi connectivity index (χ0) is 21.7. The Hall–Kier alpha value is -3.20. The number of thioether (sulfide) groups is 1. The summed E-state index contributed by atoms with van der Waals surface area (Å²) in [6.45, 7) is 5.57. The second kappa shape index (κ2) is 9.53. The fourth-order valence-electron chi connectivity index (χ4n) is 2.70. The monoisotopic (exact) mass is 427 g/mol. The third kappa shape index (κ3) is 5.24. The molecule has 0 saturated heterocycles. The van der Waals surface area contributed by atoms with Crippen LogP contribution in [-0.4, -0.2) is 38.5 Å². The molecule has 0 saturated carbocycles. The standard InChI is InChI=1S/C21H22FN5O2S/c1-13(2)23-20(29)24-18(28)12-30-21-26-25-19(16-6-4-5-7-17(16)22)27(21)15-10-8-14(3)9-11-15/h4-11,13H,12H2,1-3H3,(H2,23,24,28,29). The van der Waals surface area contributed by atoms with Crippen molar-refractivity contribution in [1.29, 1.82) is 0 Å². The van der Waals surface area contributed by atoms with Crippen molar-refractivity contribution in [2.45, 2.75) is 32.0 Å². The number of imide groups is 1. The fraction of sp³-hybridized carbons (Fsp3) is 0.238. The molecule has 7 nitrogen and oxygen atoms in total. The number of hydrogen-bond acceptors (Lipinski definition) is 5. The lowest BCUT2D eigenvalue weighted by Gasteiger charge is -2.12. The zero-order valence-corrected chi connectivity index (χ0v) is 17.7. The summed E-state index contributed by atoms with van der Waals surface area (Å²) < 4.78 is 16.1. The number of carbonyl (C=O) groups excluding carboxylic acids is 2. The fourth-order valence-corrected chi connectivity index (χ4v) is 3.45. The zero-order valence-electron chi connectivity index (χ0n) is 16.8. The molecule has 3 amide bonds. The van der Waals surface area contributed by atoms with Gasteiger partial charge in [0.1, 0.15) is 5.82 Å². The normalized spacial score (nSPS) is 10.8. The Bertz CT molecular complexity index is 1050. The first kappa shape index (κ1) is 21.5. The second-order valence-corrected chi connectivity index (χ2v) is 7.86. The average Bonchev–Trinajstić information content (AvgIpc) is 3.10. The molecule has 1 aromatic heterocycles. The lowest BCUT2D eigenvalue weighted by molar-refractivity contribution is -0.117. The maximum Gasteiger partial charge on any atom is 0.321 e. The van der Waals surface area contributed by atoms with Crippen LogP contribution >= 0.6 is 11.8 Å². The van der Waals surface area contributed by atoms with Crippen molar-refractivity contribution in [1.82, 2.24) is 25.4 Å². The Morgan fingerprint density at radius 1 is 1.10 bits per heavy atom. The number of aromatic nitrogens is 3. The van der Waals surface area contributed by atoms with Crippen molar-refractivity contribution < 1.29 is 14.0 Å². The molecule has 0 unspecified atom stereocenters. The van der Waals surface area contributed by atoms with Crippen molar-refractivity contribution in [2.75, 3.05) is 5.75 Å². The van der Waals surface area contributed by atoms with Crippen molar-refractivity contribution in [2.24, 2.45) is 0 Å². The van der Waals surface area contributed by atoms with Crippen LogP contribution in [-0.2, 0) is 4.79 Å². The van der Waals surface area contributed by atoms with Crippen LogP contribution in [0.1, 0.15) is 19.4 Å². The van der Waals surface area contributed by atoms with Gasteiger partial charge < -0.3 is 5.32 Å². The summed E-state index contributed by atoms with van der Waals surface area (Å²) in [5.41, 5.74) is 2.12. The van der Waals surface area contributed by atoms with E-state index >= 15 is 0 Å². The Morgan fingerprint density at radius 3 is 2.47 bits per heavy atom. The quantitative estimate of drug-likeness (QED) is 0.586. The molecule has 0 fully saturated rings. The minimum Gasteiger partial charge on any atom is -0.336 e. The first-order valence-electron chi connectivity index (χ1n) is 9.35. The number of nitrogens with one attached hydrogen (secondary N) is 2. The van der Waals surface area contributed by atoms with E-state index in [1.54, 1.807) is 36.6 Å². The topological polar surface area (TPSA) is 88.9 Å². The Kier molecular flexibility index (Phi) is 6.83. The molecule has 0 aliphatic carbocycles. The van der Waals surface area contributed by atoms with Crippen molar-refractivity contribution in [3.63, 3.8) is 0 Å². The predicted octanol–water partition coefficient (Wildman–Crippen LogP) is 3.71. The lowest BCUT2D eigenvalue weighted by Crippen LogP contribution is -2.43. The Balaban J connectivity index is 1.88. The molecule has 0 atom stereocenters. The highest BCUT2D eigenvalue weighted by Gasteiger charge is 2.20. The first-order chi connectivity index (χ1) is 14.3. The largest absolute Gasteiger partial charge is 0.336 e. The Morgan fingerprint density at radius 2 is 1.80 bits per heavy atom. The molecule has 9 heteroatoms. The molecule has 3 rings (SSSR count). The summed E-state index contributed by atoms with van der Waals surface area (Å²) in [7, 11) is 0. The summed E-state index contributed by atoms with van der Waals surface area (Å²) in [5, 5.41) is 13.6. The van der Waals surface area contributed by atoms with Gasteiger partial charge in [-0.3, -0.25) is 14.7 Å². The highest BCUT2D eigenvalue weighted by atomic mass is 32.2. The highest BCUT2D eigenvalue weighted by molar-refractivity contribution is 7.99. The average molecular weight is 428 g/mol. The van der Waals surface area contributed by atoms with Crippen molar-refractivity contribution in [3.8, 4) is 17.1 Å². The van der Waals surface area contributed by atoms with Crippen LogP contribution in [0.15, 0.2) is 53.7 Å². The van der Waals surface area contributed by atoms with Gasteiger partial charge in [0.2, 0.25) is 5.91 Å². The molecule has 0 aliphatic heterocycles. The SMILES string of the molecule is Cc1ccc(-n2c(SCC(=O)NC(=O)NC(C)C)nnc2-c2ccccc2F)cc1. The maximum absolute atomic E-state index is 14.4. The van der Waals surface area contributed by atoms with Gasteiger partial charge >= 0.3 is 6.03 Å². The molecular weight excluding hydrogens is 405 g/mol. The van der Waals surface area contributed by atoms with E-state index in [9.17, 15) is 14.0 Å². The summed E-state index contributed by atoms with van der Waals surface area (Å²) in [4.78, 5) is 23.8. The van der Waals surface area contributed by atoms with E-state index in [1.165, 1.54) is 6.07 Å². The number of rotatable bonds is 6. The minimum atomic E-state index is -0.553. The molecule has 3 aromatic rings. The molecule has 2 aromatic carbocycles. The van der Waals surface area contributed by atoms with Gasteiger partial charge in [-0.25, -0.2) is 9.18 Å². The van der Waals surface area contributed by atoms with E-state index in [4.69, 9.17) is 0 Å². The number of aryl methyl sites for hydroxylation is 1. The molecule has 0 radical (unpaired) electrons. The lowest BCUT2D eigenvalue weighted by atomic mass is 10.2. The smallest absolute Gasteiger partial charge is 0.321 e. The molecule has 0 spiro atoms. The molecule has 30 heavy (non-hydrogen) atoms. The van der Waals surface area contributed by atoms with E-state index in [0.29, 0.717) is 16.5 Å². The summed E-state index contributed by atoms with van der Waals surface area (Å²) >= 11 is 1.11. The molecule has 2 N–H and O–H groups in total. The van der Waals surface area contributed by atoms with Crippen LogP contribution in [0.2, 0.25) is 0 Å². The molecule has 156 valence electrons. The van der Waals surface area contributed by atoms with Crippen molar-refractivity contribution >= 4 is 23.7 Å². The molecule has 0 aliphatic rings. The van der Waals surface area contributed by atoms with Crippen LogP contribution in [0, 0.1) is 12.7 Å². The van der Waals surface area contributed by atoms with Gasteiger partial charge in [0.05, 0.1) is 11.3 Å². The number of benzene rings is 2. The van der Waals surface area contributed by atoms with Crippen LogP contribution < -0.4 is 10.6 Å². The summed E-state index contributed by atoms with van der Waals surface area (Å²) in [6.07, 6.45) is 0. The summed E-state index contributed by atoms with van der Waals surface area (Å²) in [5.74, 6) is -0.605. The molecule has 1 heterocycles. The number of urea groups is 1. The van der Waals surface area contributed by atoms with Gasteiger partial charge in [0.25, 0.3) is 0 Å². The molecule has 0 bridgehead atoms. The van der Waals surface area contributed by atoms with Gasteiger partial charge in [-0.05, 0) is 45.0 Å². The third-order valence-corrected chi connectivity index (χ3v) is 4.97. The summed E-state index contributed by atoms with van der Waals surface area (Å²) in [6, 6.07) is 13.3. The van der Waals surface area contributed by atoms with E-state index < -0.39 is 17.8 Å². The van der Waals surface area contributed by atoms with Crippen LogP contribution in [0.25, 0.3) is 17.1 Å². The van der Waals surface area contributed by atoms with Crippen LogP contribution in [0.4, 0.5) is 9.18 Å². The second-order valence-electron chi connectivity index (χ2n) is 6.92. The third-order valence-electron chi connectivity index (χ3n) is 4.05. The number of amides is 3. The van der Waals surface area contributed by atoms with Crippen molar-refractivity contribution in [3.05, 3.63) is 59.9 Å². The van der Waals surface area contributed by atoms with Gasteiger partial charge in [-0.2, -0.15) is 0 Å². The van der Waals surface area contributed by atoms with E-state index in [0.717, 1.165) is 23.0 Å². The first-order valence-corrected chi connectivity index (χ1v) is 10.3. The van der Waals surface area contributed by atoms with E-state index in [-0.39, 0.29) is 11.8 Å². The minimum absolute atomic E-state index is 0.0488. The highest BCUT2D eigenvalue weighted by Crippen LogP contribution is 2.29. The van der Waals surface area contributed by atoms with Crippen LogP contribution in [0.5, 0.6) is 0 Å². The molecular formula is C21H22FN5O2S. The van der Waals surface area contributed by atoms with Gasteiger partial charge in [0.15, 0.2) is 11.0 Å². The van der Waals surface area contributed by atoms with Gasteiger partial charge in [0, 0.05) is 11.7 Å². The number of hydrogen-bond donors (Lipinski definition) is 2.